The summed E-state index contributed by atoms with van der Waals surface area (Å²) in [6, 6.07) is 9.23. The molecule has 1 aliphatic carbocycles. The second kappa shape index (κ2) is 14.4. The molecule has 1 aromatic rings. The van der Waals surface area contributed by atoms with Gasteiger partial charge in [0.25, 0.3) is 0 Å². The number of carboxylic acids is 1. The minimum absolute atomic E-state index is 0.00466. The number of allylic oxidation sites excluding steroid dienone is 2. The smallest absolute Gasteiger partial charge is 0.303 e. The molecule has 2 fully saturated rings. The number of benzene rings is 1. The van der Waals surface area contributed by atoms with Crippen molar-refractivity contribution >= 4 is 5.97 Å². The fraction of sp³-hybridized carbons (Fsp3) is 0.667. The van der Waals surface area contributed by atoms with E-state index in [0.717, 1.165) is 19.3 Å². The molecule has 1 unspecified atom stereocenters. The zero-order chi connectivity index (χ0) is 24.2. The molecular formula is C27H39FO6. The highest BCUT2D eigenvalue weighted by Gasteiger charge is 2.43. The quantitative estimate of drug-likeness (QED) is 0.279. The molecule has 6 nitrogen and oxygen atoms in total. The molecule has 0 amide bonds. The number of aliphatic hydroxyl groups is 1. The molecule has 1 aromatic carbocycles. The molecule has 6 atom stereocenters. The van der Waals surface area contributed by atoms with E-state index in [2.05, 4.69) is 0 Å². The van der Waals surface area contributed by atoms with Gasteiger partial charge in [-0.3, -0.25) is 4.79 Å². The van der Waals surface area contributed by atoms with Crippen molar-refractivity contribution in [3.05, 3.63) is 42.5 Å². The van der Waals surface area contributed by atoms with Gasteiger partial charge in [0, 0.05) is 19.4 Å². The van der Waals surface area contributed by atoms with Crippen LogP contribution in [0.3, 0.4) is 0 Å². The molecule has 0 bridgehead atoms. The minimum atomic E-state index is -1.10. The summed E-state index contributed by atoms with van der Waals surface area (Å²) in [4.78, 5) is 10.7. The summed E-state index contributed by atoms with van der Waals surface area (Å²) in [5.74, 6) is -0.129. The maximum atomic E-state index is 14.7. The highest BCUT2D eigenvalue weighted by atomic mass is 19.1. The van der Waals surface area contributed by atoms with Gasteiger partial charge in [-0.1, -0.05) is 30.4 Å². The largest absolute Gasteiger partial charge is 0.491 e. The van der Waals surface area contributed by atoms with Crippen LogP contribution in [0.25, 0.3) is 0 Å². The molecule has 0 radical (unpaired) electrons. The number of hydrogen-bond acceptors (Lipinski definition) is 5. The number of carboxylic acid groups (broad SMARTS) is 1. The zero-order valence-electron chi connectivity index (χ0n) is 19.9. The number of rotatable bonds is 14. The van der Waals surface area contributed by atoms with Crippen molar-refractivity contribution < 1.29 is 33.6 Å². The molecule has 190 valence electrons. The van der Waals surface area contributed by atoms with Crippen LogP contribution in [-0.2, 0) is 14.3 Å². The van der Waals surface area contributed by atoms with Gasteiger partial charge >= 0.3 is 5.97 Å². The molecule has 1 saturated heterocycles. The van der Waals surface area contributed by atoms with Crippen LogP contribution >= 0.6 is 0 Å². The summed E-state index contributed by atoms with van der Waals surface area (Å²) in [5, 5.41) is 19.6. The Balaban J connectivity index is 1.53. The van der Waals surface area contributed by atoms with Gasteiger partial charge in [-0.2, -0.15) is 0 Å². The number of alkyl halides is 1. The summed E-state index contributed by atoms with van der Waals surface area (Å²) in [6.45, 7) is 0.696. The Kier molecular flexibility index (Phi) is 11.3. The lowest BCUT2D eigenvalue weighted by Crippen LogP contribution is -2.32. The molecule has 2 N–H and O–H groups in total. The van der Waals surface area contributed by atoms with E-state index in [4.69, 9.17) is 19.3 Å². The van der Waals surface area contributed by atoms with E-state index in [0.29, 0.717) is 50.9 Å². The summed E-state index contributed by atoms with van der Waals surface area (Å²) in [5.41, 5.74) is 0. The minimum Gasteiger partial charge on any atom is -0.491 e. The van der Waals surface area contributed by atoms with Crippen LogP contribution in [0.15, 0.2) is 42.5 Å². The molecule has 0 spiro atoms. The van der Waals surface area contributed by atoms with Crippen molar-refractivity contribution in [1.82, 2.24) is 0 Å². The molecule has 7 heteroatoms. The molecule has 1 saturated carbocycles. The van der Waals surface area contributed by atoms with Crippen molar-refractivity contribution in [2.45, 2.75) is 88.9 Å². The van der Waals surface area contributed by atoms with Crippen LogP contribution in [0.5, 0.6) is 5.75 Å². The van der Waals surface area contributed by atoms with Crippen molar-refractivity contribution in [2.24, 2.45) is 11.8 Å². The van der Waals surface area contributed by atoms with Gasteiger partial charge < -0.3 is 24.4 Å². The normalized spacial score (nSPS) is 28.2. The number of carbonyl (C=O) groups is 1. The van der Waals surface area contributed by atoms with Crippen LogP contribution in [0.4, 0.5) is 4.39 Å². The topological polar surface area (TPSA) is 85.2 Å². The Hall–Kier alpha value is -1.96. The third-order valence-electron chi connectivity index (χ3n) is 6.78. The Morgan fingerprint density at radius 3 is 2.76 bits per heavy atom. The van der Waals surface area contributed by atoms with Gasteiger partial charge in [0.1, 0.15) is 18.5 Å². The van der Waals surface area contributed by atoms with Gasteiger partial charge in [-0.25, -0.2) is 4.39 Å². The van der Waals surface area contributed by atoms with Gasteiger partial charge in [0.15, 0.2) is 6.29 Å². The van der Waals surface area contributed by atoms with Crippen molar-refractivity contribution in [3.63, 3.8) is 0 Å². The lowest BCUT2D eigenvalue weighted by Gasteiger charge is -2.30. The van der Waals surface area contributed by atoms with Gasteiger partial charge in [-0.15, -0.1) is 0 Å². The standard InChI is InChI=1S/C27H39FO6/c28-20(19-33-21-10-4-3-5-11-21)15-16-23-22(12-6-1-2-7-13-26(30)31)24(29)18-25(23)34-27-14-8-9-17-32-27/h1,3-6,10-11,20,22-25,27,29H,2,7-9,12-19H2,(H,30,31)/b6-1-/t20-,22-,23-,24+,25-,27?/m1/s1. The molecule has 0 aromatic heterocycles. The molecule has 3 rings (SSSR count). The average Bonchev–Trinajstić information content (AvgIpc) is 3.13. The van der Waals surface area contributed by atoms with Gasteiger partial charge in [-0.05, 0) is 75.3 Å². The van der Waals surface area contributed by atoms with E-state index in [1.165, 1.54) is 0 Å². The van der Waals surface area contributed by atoms with E-state index in [-0.39, 0.29) is 37.3 Å². The molecule has 1 aliphatic heterocycles. The lowest BCUT2D eigenvalue weighted by molar-refractivity contribution is -0.196. The van der Waals surface area contributed by atoms with Crippen LogP contribution in [0.1, 0.15) is 64.2 Å². The Bertz CT molecular complexity index is 736. The fourth-order valence-corrected chi connectivity index (χ4v) is 4.95. The second-order valence-electron chi connectivity index (χ2n) is 9.39. The van der Waals surface area contributed by atoms with Crippen LogP contribution in [0, 0.1) is 11.8 Å². The first-order valence-electron chi connectivity index (χ1n) is 12.7. The van der Waals surface area contributed by atoms with Crippen LogP contribution in [0.2, 0.25) is 0 Å². The van der Waals surface area contributed by atoms with E-state index in [1.54, 1.807) is 0 Å². The predicted molar refractivity (Wildman–Crippen MR) is 127 cm³/mol. The first-order valence-corrected chi connectivity index (χ1v) is 12.7. The number of hydrogen-bond donors (Lipinski definition) is 2. The average molecular weight is 479 g/mol. The van der Waals surface area contributed by atoms with Crippen LogP contribution in [-0.4, -0.2) is 54.1 Å². The summed E-state index contributed by atoms with van der Waals surface area (Å²) >= 11 is 0. The number of unbranched alkanes of at least 4 members (excludes halogenated alkanes) is 1. The number of aliphatic hydroxyl groups excluding tert-OH is 1. The monoisotopic (exact) mass is 478 g/mol. The summed E-state index contributed by atoms with van der Waals surface area (Å²) < 4.78 is 32.3. The van der Waals surface area contributed by atoms with Crippen molar-refractivity contribution in [1.29, 1.82) is 0 Å². The highest BCUT2D eigenvalue weighted by Crippen LogP contribution is 2.41. The first-order chi connectivity index (χ1) is 16.5. The van der Waals surface area contributed by atoms with Crippen molar-refractivity contribution in [2.75, 3.05) is 13.2 Å². The molecular weight excluding hydrogens is 439 g/mol. The Morgan fingerprint density at radius 2 is 2.03 bits per heavy atom. The number of aliphatic carboxylic acids is 1. The third-order valence-corrected chi connectivity index (χ3v) is 6.78. The Morgan fingerprint density at radius 1 is 1.21 bits per heavy atom. The fourth-order valence-electron chi connectivity index (χ4n) is 4.95. The Labute approximate surface area is 202 Å². The predicted octanol–water partition coefficient (Wildman–Crippen LogP) is 5.29. The number of para-hydroxylation sites is 1. The van der Waals surface area contributed by atoms with Gasteiger partial charge in [0.05, 0.1) is 12.2 Å². The maximum Gasteiger partial charge on any atom is 0.303 e. The lowest BCUT2D eigenvalue weighted by atomic mass is 9.86. The highest BCUT2D eigenvalue weighted by molar-refractivity contribution is 5.66. The van der Waals surface area contributed by atoms with E-state index in [1.807, 2.05) is 42.5 Å². The number of halogens is 1. The van der Waals surface area contributed by atoms with E-state index >= 15 is 0 Å². The zero-order valence-corrected chi connectivity index (χ0v) is 19.9. The maximum absolute atomic E-state index is 14.7. The SMILES string of the molecule is O=C(O)CCC/C=C\C[C@@H]1[C@@H](CC[C@@H](F)COc2ccccc2)[C@H](OC2CCCCO2)C[C@@H]1O. The molecule has 1 heterocycles. The van der Waals surface area contributed by atoms with Gasteiger partial charge in [0.2, 0.25) is 0 Å². The third kappa shape index (κ3) is 9.01. The van der Waals surface area contributed by atoms with E-state index in [9.17, 15) is 14.3 Å². The van der Waals surface area contributed by atoms with Crippen LogP contribution < -0.4 is 4.74 Å². The summed E-state index contributed by atoms with van der Waals surface area (Å²) in [7, 11) is 0. The summed E-state index contributed by atoms with van der Waals surface area (Å²) in [6.07, 6.45) is 8.52. The molecule has 34 heavy (non-hydrogen) atoms. The van der Waals surface area contributed by atoms with Crippen molar-refractivity contribution in [3.8, 4) is 5.75 Å². The van der Waals surface area contributed by atoms with E-state index < -0.39 is 18.2 Å². The number of ether oxygens (including phenoxy) is 3. The first kappa shape index (κ1) is 26.6. The second-order valence-corrected chi connectivity index (χ2v) is 9.39. The molecule has 2 aliphatic rings.